The molecule has 4 nitrogen and oxygen atoms in total. The number of thiophene rings is 1. The van der Waals surface area contributed by atoms with Crippen molar-refractivity contribution in [3.05, 3.63) is 76.2 Å². The van der Waals surface area contributed by atoms with Gasteiger partial charge in [-0.1, -0.05) is 6.07 Å². The Balaban J connectivity index is 1.70. The zero-order chi connectivity index (χ0) is 17.9. The molecule has 2 aromatic carbocycles. The van der Waals surface area contributed by atoms with E-state index in [0.717, 1.165) is 4.88 Å². The highest BCUT2D eigenvalue weighted by atomic mass is 32.1. The molecule has 1 aromatic heterocycles. The summed E-state index contributed by atoms with van der Waals surface area (Å²) in [6.07, 6.45) is 0. The van der Waals surface area contributed by atoms with Crippen LogP contribution in [0.4, 0.5) is 10.1 Å². The first-order valence-electron chi connectivity index (χ1n) is 8.20. The van der Waals surface area contributed by atoms with E-state index in [-0.39, 0.29) is 11.7 Å². The van der Waals surface area contributed by atoms with Gasteiger partial charge in [0.15, 0.2) is 11.5 Å². The van der Waals surface area contributed by atoms with Gasteiger partial charge >= 0.3 is 0 Å². The van der Waals surface area contributed by atoms with Gasteiger partial charge in [0.1, 0.15) is 19.0 Å². The predicted octanol–water partition coefficient (Wildman–Crippen LogP) is 4.51. The third kappa shape index (κ3) is 3.41. The van der Waals surface area contributed by atoms with Crippen LogP contribution in [-0.4, -0.2) is 19.1 Å². The van der Waals surface area contributed by atoms with Gasteiger partial charge in [0.25, 0.3) is 5.91 Å². The Morgan fingerprint density at radius 2 is 1.81 bits per heavy atom. The molecule has 26 heavy (non-hydrogen) atoms. The maximum absolute atomic E-state index is 13.2. The molecule has 0 unspecified atom stereocenters. The standard InChI is InChI=1S/C20H16FNO3S/c21-15-5-3-14(4-6-15)20(23)22(13-17-2-1-11-26-17)16-7-8-18-19(12-16)25-10-9-24-18/h1-8,11-12H,9-10,13H2. The minimum absolute atomic E-state index is 0.199. The van der Waals surface area contributed by atoms with Crippen molar-refractivity contribution in [1.82, 2.24) is 0 Å². The fourth-order valence-electron chi connectivity index (χ4n) is 2.79. The average molecular weight is 369 g/mol. The Labute approximate surface area is 154 Å². The van der Waals surface area contributed by atoms with Crippen LogP contribution in [0.3, 0.4) is 0 Å². The molecule has 0 spiro atoms. The van der Waals surface area contributed by atoms with Crippen LogP contribution in [0.2, 0.25) is 0 Å². The molecule has 1 aliphatic heterocycles. The molecular weight excluding hydrogens is 353 g/mol. The number of hydrogen-bond donors (Lipinski definition) is 0. The van der Waals surface area contributed by atoms with Crippen molar-refractivity contribution in [1.29, 1.82) is 0 Å². The Morgan fingerprint density at radius 3 is 2.54 bits per heavy atom. The van der Waals surface area contributed by atoms with Gasteiger partial charge in [0.2, 0.25) is 0 Å². The lowest BCUT2D eigenvalue weighted by Crippen LogP contribution is -2.30. The summed E-state index contributed by atoms with van der Waals surface area (Å²) >= 11 is 1.58. The SMILES string of the molecule is O=C(c1ccc(F)cc1)N(Cc1cccs1)c1ccc2c(c1)OCCO2. The second-order valence-electron chi connectivity index (χ2n) is 5.81. The zero-order valence-electron chi connectivity index (χ0n) is 13.9. The third-order valence-corrected chi connectivity index (χ3v) is 4.93. The number of rotatable bonds is 4. The predicted molar refractivity (Wildman–Crippen MR) is 98.7 cm³/mol. The molecule has 3 aromatic rings. The maximum atomic E-state index is 13.2. The average Bonchev–Trinajstić information content (AvgIpc) is 3.19. The van der Waals surface area contributed by atoms with Crippen molar-refractivity contribution in [3.8, 4) is 11.5 Å². The van der Waals surface area contributed by atoms with Crippen molar-refractivity contribution in [3.63, 3.8) is 0 Å². The van der Waals surface area contributed by atoms with Gasteiger partial charge in [-0.2, -0.15) is 0 Å². The lowest BCUT2D eigenvalue weighted by atomic mass is 10.1. The quantitative estimate of drug-likeness (QED) is 0.679. The molecule has 1 amide bonds. The van der Waals surface area contributed by atoms with Gasteiger partial charge in [-0.05, 0) is 47.8 Å². The molecule has 0 N–H and O–H groups in total. The smallest absolute Gasteiger partial charge is 0.258 e. The molecule has 1 aliphatic rings. The van der Waals surface area contributed by atoms with E-state index in [9.17, 15) is 9.18 Å². The molecule has 0 bridgehead atoms. The first-order chi connectivity index (χ1) is 12.7. The third-order valence-electron chi connectivity index (χ3n) is 4.07. The first kappa shape index (κ1) is 16.6. The van der Waals surface area contributed by atoms with Crippen LogP contribution in [0.15, 0.2) is 60.0 Å². The fourth-order valence-corrected chi connectivity index (χ4v) is 3.48. The van der Waals surface area contributed by atoms with Crippen molar-refractivity contribution in [2.45, 2.75) is 6.54 Å². The highest BCUT2D eigenvalue weighted by molar-refractivity contribution is 7.09. The number of carbonyl (C=O) groups is 1. The lowest BCUT2D eigenvalue weighted by molar-refractivity contribution is 0.0985. The Morgan fingerprint density at radius 1 is 1.04 bits per heavy atom. The van der Waals surface area contributed by atoms with Crippen molar-refractivity contribution >= 4 is 22.9 Å². The molecule has 0 saturated heterocycles. The van der Waals surface area contributed by atoms with E-state index >= 15 is 0 Å². The van der Waals surface area contributed by atoms with Gasteiger partial charge in [0.05, 0.1) is 6.54 Å². The fraction of sp³-hybridized carbons (Fsp3) is 0.150. The number of hydrogen-bond acceptors (Lipinski definition) is 4. The van der Waals surface area contributed by atoms with Gasteiger partial charge in [-0.15, -0.1) is 11.3 Å². The van der Waals surface area contributed by atoms with Crippen LogP contribution in [0.1, 0.15) is 15.2 Å². The number of halogens is 1. The number of benzene rings is 2. The summed E-state index contributed by atoms with van der Waals surface area (Å²) in [7, 11) is 0. The van der Waals surface area contributed by atoms with E-state index < -0.39 is 0 Å². The summed E-state index contributed by atoms with van der Waals surface area (Å²) < 4.78 is 24.4. The van der Waals surface area contributed by atoms with Crippen LogP contribution in [0.5, 0.6) is 11.5 Å². The minimum Gasteiger partial charge on any atom is -0.486 e. The molecule has 0 radical (unpaired) electrons. The second-order valence-corrected chi connectivity index (χ2v) is 6.84. The lowest BCUT2D eigenvalue weighted by Gasteiger charge is -2.25. The van der Waals surface area contributed by atoms with Crippen molar-refractivity contribution in [2.75, 3.05) is 18.1 Å². The first-order valence-corrected chi connectivity index (χ1v) is 9.08. The summed E-state index contributed by atoms with van der Waals surface area (Å²) in [6, 6.07) is 15.0. The van der Waals surface area contributed by atoms with E-state index in [1.807, 2.05) is 35.7 Å². The highest BCUT2D eigenvalue weighted by Crippen LogP contribution is 2.35. The van der Waals surface area contributed by atoms with E-state index in [1.165, 1.54) is 24.3 Å². The van der Waals surface area contributed by atoms with Crippen molar-refractivity contribution in [2.24, 2.45) is 0 Å². The van der Waals surface area contributed by atoms with Gasteiger partial charge in [-0.25, -0.2) is 4.39 Å². The summed E-state index contributed by atoms with van der Waals surface area (Å²) in [5.41, 5.74) is 1.13. The maximum Gasteiger partial charge on any atom is 0.258 e. The van der Waals surface area contributed by atoms with Crippen LogP contribution in [-0.2, 0) is 6.54 Å². The van der Waals surface area contributed by atoms with Crippen LogP contribution in [0.25, 0.3) is 0 Å². The van der Waals surface area contributed by atoms with Crippen LogP contribution in [0, 0.1) is 5.82 Å². The number of carbonyl (C=O) groups excluding carboxylic acids is 1. The van der Waals surface area contributed by atoms with Crippen LogP contribution < -0.4 is 14.4 Å². The monoisotopic (exact) mass is 369 g/mol. The van der Waals surface area contributed by atoms with Gasteiger partial charge in [0, 0.05) is 22.2 Å². The molecule has 0 aliphatic carbocycles. The summed E-state index contributed by atoms with van der Waals surface area (Å²) in [6.45, 7) is 1.42. The highest BCUT2D eigenvalue weighted by Gasteiger charge is 2.21. The van der Waals surface area contributed by atoms with Crippen molar-refractivity contribution < 1.29 is 18.7 Å². The molecule has 0 atom stereocenters. The normalized spacial score (nSPS) is 12.7. The van der Waals surface area contributed by atoms with E-state index in [1.54, 1.807) is 16.2 Å². The summed E-state index contributed by atoms with van der Waals surface area (Å²) in [4.78, 5) is 15.8. The molecule has 6 heteroatoms. The number of fused-ring (bicyclic) bond motifs is 1. The molecule has 2 heterocycles. The number of amides is 1. The Bertz CT molecular complexity index is 909. The summed E-state index contributed by atoms with van der Waals surface area (Å²) in [5.74, 6) is 0.725. The van der Waals surface area contributed by atoms with Crippen LogP contribution >= 0.6 is 11.3 Å². The second kappa shape index (κ2) is 7.17. The molecule has 0 fully saturated rings. The number of ether oxygens (including phenoxy) is 2. The minimum atomic E-state index is -0.370. The van der Waals surface area contributed by atoms with Gasteiger partial charge in [-0.3, -0.25) is 4.79 Å². The van der Waals surface area contributed by atoms with E-state index in [2.05, 4.69) is 0 Å². The number of nitrogens with zero attached hydrogens (tertiary/aromatic N) is 1. The molecular formula is C20H16FNO3S. The van der Waals surface area contributed by atoms with E-state index in [0.29, 0.717) is 42.5 Å². The zero-order valence-corrected chi connectivity index (χ0v) is 14.7. The van der Waals surface area contributed by atoms with E-state index in [4.69, 9.17) is 9.47 Å². The topological polar surface area (TPSA) is 38.8 Å². The van der Waals surface area contributed by atoms with Gasteiger partial charge < -0.3 is 14.4 Å². The molecule has 0 saturated carbocycles. The molecule has 4 rings (SSSR count). The largest absolute Gasteiger partial charge is 0.486 e. The Kier molecular flexibility index (Phi) is 4.58. The summed E-state index contributed by atoms with van der Waals surface area (Å²) in [5, 5.41) is 1.97. The number of anilines is 1. The molecule has 132 valence electrons. The Hall–Kier alpha value is -2.86.